The zero-order valence-electron chi connectivity index (χ0n) is 12.0. The van der Waals surface area contributed by atoms with E-state index in [4.69, 9.17) is 0 Å². The van der Waals surface area contributed by atoms with Crippen LogP contribution in [-0.4, -0.2) is 28.6 Å². The number of hydrogen-bond acceptors (Lipinski definition) is 4. The minimum atomic E-state index is 0.797. The van der Waals surface area contributed by atoms with Crippen molar-refractivity contribution in [1.82, 2.24) is 19.9 Å². The lowest BCUT2D eigenvalue weighted by atomic mass is 10.2. The topological polar surface area (TPSA) is 46.0 Å². The summed E-state index contributed by atoms with van der Waals surface area (Å²) in [6, 6.07) is 4.13. The lowest BCUT2D eigenvalue weighted by Crippen LogP contribution is -2.18. The van der Waals surface area contributed by atoms with Crippen molar-refractivity contribution in [2.24, 2.45) is 7.05 Å². The predicted molar refractivity (Wildman–Crippen MR) is 77.1 cm³/mol. The van der Waals surface area contributed by atoms with Gasteiger partial charge < -0.3 is 14.8 Å². The van der Waals surface area contributed by atoms with Gasteiger partial charge >= 0.3 is 0 Å². The molecule has 0 radical (unpaired) electrons. The first-order chi connectivity index (χ1) is 9.08. The average molecular weight is 259 g/mol. The van der Waals surface area contributed by atoms with Crippen LogP contribution in [0.1, 0.15) is 17.0 Å². The van der Waals surface area contributed by atoms with E-state index in [1.54, 1.807) is 0 Å². The van der Waals surface area contributed by atoms with Gasteiger partial charge in [-0.1, -0.05) is 6.07 Å². The van der Waals surface area contributed by atoms with Gasteiger partial charge in [-0.2, -0.15) is 0 Å². The number of aryl methyl sites for hydroxylation is 1. The maximum absolute atomic E-state index is 4.39. The molecular formula is C14H21N5. The van der Waals surface area contributed by atoms with E-state index in [1.807, 2.05) is 51.4 Å². The van der Waals surface area contributed by atoms with Gasteiger partial charge in [-0.05, 0) is 18.6 Å². The van der Waals surface area contributed by atoms with Gasteiger partial charge in [0.2, 0.25) is 5.95 Å². The zero-order chi connectivity index (χ0) is 13.8. The summed E-state index contributed by atoms with van der Waals surface area (Å²) in [6.07, 6.45) is 3.83. The third-order valence-corrected chi connectivity index (χ3v) is 3.07. The normalized spacial score (nSPS) is 10.7. The van der Waals surface area contributed by atoms with Crippen LogP contribution in [0, 0.1) is 6.92 Å². The molecule has 2 rings (SSSR count). The molecule has 0 aliphatic heterocycles. The van der Waals surface area contributed by atoms with Crippen molar-refractivity contribution < 1.29 is 0 Å². The Morgan fingerprint density at radius 3 is 2.53 bits per heavy atom. The van der Waals surface area contributed by atoms with Crippen molar-refractivity contribution in [3.8, 4) is 0 Å². The SMILES string of the molecule is Cc1ccc(CNCc2cnc(N(C)C)n2C)cn1. The van der Waals surface area contributed by atoms with Gasteiger partial charge in [0.25, 0.3) is 0 Å². The number of pyridine rings is 1. The molecule has 0 spiro atoms. The molecule has 0 saturated heterocycles. The molecule has 102 valence electrons. The number of hydrogen-bond donors (Lipinski definition) is 1. The second-order valence-corrected chi connectivity index (χ2v) is 4.91. The van der Waals surface area contributed by atoms with Crippen LogP contribution >= 0.6 is 0 Å². The molecule has 0 aliphatic rings. The predicted octanol–water partition coefficient (Wildman–Crippen LogP) is 1.48. The van der Waals surface area contributed by atoms with Gasteiger partial charge in [-0.25, -0.2) is 4.98 Å². The Morgan fingerprint density at radius 2 is 1.95 bits per heavy atom. The van der Waals surface area contributed by atoms with E-state index < -0.39 is 0 Å². The Kier molecular flexibility index (Phi) is 4.16. The van der Waals surface area contributed by atoms with Crippen molar-refractivity contribution in [3.05, 3.63) is 41.5 Å². The monoisotopic (exact) mass is 259 g/mol. The summed E-state index contributed by atoms with van der Waals surface area (Å²) in [7, 11) is 6.03. The second kappa shape index (κ2) is 5.84. The maximum atomic E-state index is 4.39. The molecule has 2 heterocycles. The van der Waals surface area contributed by atoms with Crippen molar-refractivity contribution in [1.29, 1.82) is 0 Å². The van der Waals surface area contributed by atoms with Crippen LogP contribution in [0.5, 0.6) is 0 Å². The Morgan fingerprint density at radius 1 is 1.16 bits per heavy atom. The van der Waals surface area contributed by atoms with Crippen LogP contribution in [0.3, 0.4) is 0 Å². The number of anilines is 1. The van der Waals surface area contributed by atoms with E-state index >= 15 is 0 Å². The lowest BCUT2D eigenvalue weighted by molar-refractivity contribution is 0.652. The summed E-state index contributed by atoms with van der Waals surface area (Å²) in [5.41, 5.74) is 3.41. The molecule has 0 fully saturated rings. The van der Waals surface area contributed by atoms with Crippen LogP contribution in [0.25, 0.3) is 0 Å². The molecule has 0 saturated carbocycles. The fourth-order valence-electron chi connectivity index (χ4n) is 1.95. The van der Waals surface area contributed by atoms with Gasteiger partial charge in [0, 0.05) is 46.1 Å². The van der Waals surface area contributed by atoms with E-state index in [2.05, 4.69) is 25.9 Å². The van der Waals surface area contributed by atoms with Gasteiger partial charge in [0.15, 0.2) is 0 Å². The van der Waals surface area contributed by atoms with Crippen LogP contribution in [-0.2, 0) is 20.1 Å². The number of imidazole rings is 1. The van der Waals surface area contributed by atoms with Gasteiger partial charge in [0.05, 0.1) is 11.9 Å². The first-order valence-corrected chi connectivity index (χ1v) is 6.38. The Hall–Kier alpha value is -1.88. The quantitative estimate of drug-likeness (QED) is 0.883. The smallest absolute Gasteiger partial charge is 0.204 e. The molecule has 0 aliphatic carbocycles. The summed E-state index contributed by atoms with van der Waals surface area (Å²) in [5.74, 6) is 0.966. The third kappa shape index (κ3) is 3.32. The first-order valence-electron chi connectivity index (χ1n) is 6.38. The fraction of sp³-hybridized carbons (Fsp3) is 0.429. The van der Waals surface area contributed by atoms with Crippen molar-refractivity contribution >= 4 is 5.95 Å². The number of aromatic nitrogens is 3. The van der Waals surface area contributed by atoms with Gasteiger partial charge in [0.1, 0.15) is 0 Å². The molecule has 5 nitrogen and oxygen atoms in total. The highest BCUT2D eigenvalue weighted by Crippen LogP contribution is 2.10. The van der Waals surface area contributed by atoms with Crippen LogP contribution in [0.2, 0.25) is 0 Å². The summed E-state index contributed by atoms with van der Waals surface area (Å²) in [5, 5.41) is 3.41. The molecule has 2 aromatic heterocycles. The molecule has 0 atom stereocenters. The molecule has 0 unspecified atom stereocenters. The Balaban J connectivity index is 1.91. The minimum absolute atomic E-state index is 0.797. The second-order valence-electron chi connectivity index (χ2n) is 4.91. The largest absolute Gasteiger partial charge is 0.348 e. The van der Waals surface area contributed by atoms with Gasteiger partial charge in [-0.3, -0.25) is 4.98 Å². The maximum Gasteiger partial charge on any atom is 0.204 e. The highest BCUT2D eigenvalue weighted by molar-refractivity contribution is 5.30. The first kappa shape index (κ1) is 13.5. The summed E-state index contributed by atoms with van der Waals surface area (Å²) < 4.78 is 2.10. The highest BCUT2D eigenvalue weighted by atomic mass is 15.3. The van der Waals surface area contributed by atoms with Crippen LogP contribution in [0.15, 0.2) is 24.5 Å². The third-order valence-electron chi connectivity index (χ3n) is 3.07. The summed E-state index contributed by atoms with van der Waals surface area (Å²) in [6.45, 7) is 3.61. The minimum Gasteiger partial charge on any atom is -0.348 e. The molecule has 0 amide bonds. The molecule has 2 aromatic rings. The summed E-state index contributed by atoms with van der Waals surface area (Å²) >= 11 is 0. The lowest BCUT2D eigenvalue weighted by Gasteiger charge is -2.12. The molecule has 0 aromatic carbocycles. The van der Waals surface area contributed by atoms with E-state index in [0.29, 0.717) is 0 Å². The zero-order valence-corrected chi connectivity index (χ0v) is 12.0. The van der Waals surface area contributed by atoms with E-state index in [-0.39, 0.29) is 0 Å². The fourth-order valence-corrected chi connectivity index (χ4v) is 1.95. The van der Waals surface area contributed by atoms with Crippen LogP contribution < -0.4 is 10.2 Å². The number of nitrogens with one attached hydrogen (secondary N) is 1. The van der Waals surface area contributed by atoms with Crippen molar-refractivity contribution in [2.75, 3.05) is 19.0 Å². The Labute approximate surface area is 114 Å². The summed E-state index contributed by atoms with van der Waals surface area (Å²) in [4.78, 5) is 10.7. The number of rotatable bonds is 5. The highest BCUT2D eigenvalue weighted by Gasteiger charge is 2.07. The van der Waals surface area contributed by atoms with Crippen molar-refractivity contribution in [3.63, 3.8) is 0 Å². The van der Waals surface area contributed by atoms with Gasteiger partial charge in [-0.15, -0.1) is 0 Å². The van der Waals surface area contributed by atoms with Crippen LogP contribution in [0.4, 0.5) is 5.95 Å². The van der Waals surface area contributed by atoms with E-state index in [9.17, 15) is 0 Å². The van der Waals surface area contributed by atoms with Crippen molar-refractivity contribution in [2.45, 2.75) is 20.0 Å². The number of nitrogens with zero attached hydrogens (tertiary/aromatic N) is 4. The molecule has 5 heteroatoms. The molecule has 0 bridgehead atoms. The standard InChI is InChI=1S/C14H21N5/c1-11-5-6-12(8-16-11)7-15-9-13-10-17-14(18(2)3)19(13)4/h5-6,8,10,15H,7,9H2,1-4H3. The van der Waals surface area contributed by atoms with E-state index in [1.165, 1.54) is 11.3 Å². The van der Waals surface area contributed by atoms with E-state index in [0.717, 1.165) is 24.7 Å². The molecule has 19 heavy (non-hydrogen) atoms. The molecular weight excluding hydrogens is 238 g/mol. The molecule has 1 N–H and O–H groups in total. The average Bonchev–Trinajstić information content (AvgIpc) is 2.74. The Bertz CT molecular complexity index is 527.